The van der Waals surface area contributed by atoms with E-state index in [1.807, 2.05) is 32.0 Å². The van der Waals surface area contributed by atoms with Crippen LogP contribution in [0.4, 0.5) is 0 Å². The van der Waals surface area contributed by atoms with E-state index >= 15 is 0 Å². The van der Waals surface area contributed by atoms with Crippen LogP contribution in [-0.2, 0) is 9.53 Å². The summed E-state index contributed by atoms with van der Waals surface area (Å²) in [4.78, 5) is 29.5. The second-order valence-corrected chi connectivity index (χ2v) is 7.92. The van der Waals surface area contributed by atoms with Gasteiger partial charge in [-0.15, -0.1) is 0 Å². The predicted octanol–water partition coefficient (Wildman–Crippen LogP) is 4.10. The number of halogens is 1. The summed E-state index contributed by atoms with van der Waals surface area (Å²) in [5, 5.41) is 12.8. The van der Waals surface area contributed by atoms with Gasteiger partial charge in [-0.05, 0) is 37.1 Å². The Kier molecular flexibility index (Phi) is 7.44. The maximum absolute atomic E-state index is 12.5. The number of nitrogens with one attached hydrogen (secondary N) is 1. The fourth-order valence-electron chi connectivity index (χ4n) is 2.10. The zero-order valence-corrected chi connectivity index (χ0v) is 17.3. The van der Waals surface area contributed by atoms with Crippen LogP contribution in [0.25, 0.3) is 0 Å². The van der Waals surface area contributed by atoms with Crippen molar-refractivity contribution in [1.29, 1.82) is 5.26 Å². The minimum absolute atomic E-state index is 0.103. The van der Waals surface area contributed by atoms with Crippen LogP contribution in [0.1, 0.15) is 31.1 Å². The molecule has 0 aliphatic heterocycles. The SMILES string of the molecule is CC(C)[C@@](C)(C#N)NC(=O)COC(=O)c1cccnc1Sc1ccccc1Cl. The third-order valence-corrected chi connectivity index (χ3v) is 5.69. The molecule has 2 rings (SSSR count). The minimum Gasteiger partial charge on any atom is -0.452 e. The van der Waals surface area contributed by atoms with E-state index in [1.54, 1.807) is 31.3 Å². The smallest absolute Gasteiger partial charge is 0.341 e. The van der Waals surface area contributed by atoms with Gasteiger partial charge in [-0.2, -0.15) is 5.26 Å². The highest BCUT2D eigenvalue weighted by Crippen LogP contribution is 2.33. The monoisotopic (exact) mass is 417 g/mol. The summed E-state index contributed by atoms with van der Waals surface area (Å²) in [5.41, 5.74) is -0.810. The van der Waals surface area contributed by atoms with Crippen LogP contribution >= 0.6 is 23.4 Å². The first-order valence-electron chi connectivity index (χ1n) is 8.53. The number of hydrogen-bond donors (Lipinski definition) is 1. The molecule has 146 valence electrons. The first-order valence-corrected chi connectivity index (χ1v) is 9.73. The third kappa shape index (κ3) is 5.47. The van der Waals surface area contributed by atoms with Crippen LogP contribution in [0.5, 0.6) is 0 Å². The van der Waals surface area contributed by atoms with Gasteiger partial charge in [-0.3, -0.25) is 4.79 Å². The summed E-state index contributed by atoms with van der Waals surface area (Å²) < 4.78 is 5.12. The van der Waals surface area contributed by atoms with Gasteiger partial charge in [0.2, 0.25) is 0 Å². The minimum atomic E-state index is -1.04. The quantitative estimate of drug-likeness (QED) is 0.682. The molecule has 1 heterocycles. The van der Waals surface area contributed by atoms with Crippen LogP contribution in [0.15, 0.2) is 52.5 Å². The van der Waals surface area contributed by atoms with E-state index in [0.717, 1.165) is 4.90 Å². The summed E-state index contributed by atoms with van der Waals surface area (Å²) >= 11 is 7.40. The van der Waals surface area contributed by atoms with Crippen molar-refractivity contribution in [3.8, 4) is 6.07 Å². The van der Waals surface area contributed by atoms with Gasteiger partial charge in [-0.25, -0.2) is 9.78 Å². The summed E-state index contributed by atoms with van der Waals surface area (Å²) in [6, 6.07) is 12.5. The van der Waals surface area contributed by atoms with Crippen molar-refractivity contribution in [2.24, 2.45) is 5.92 Å². The van der Waals surface area contributed by atoms with E-state index in [0.29, 0.717) is 10.0 Å². The molecule has 1 aromatic carbocycles. The zero-order valence-electron chi connectivity index (χ0n) is 15.7. The number of nitriles is 1. The van der Waals surface area contributed by atoms with Crippen molar-refractivity contribution in [3.05, 3.63) is 53.2 Å². The lowest BCUT2D eigenvalue weighted by Gasteiger charge is -2.27. The van der Waals surface area contributed by atoms with Crippen molar-refractivity contribution in [1.82, 2.24) is 10.3 Å². The van der Waals surface area contributed by atoms with E-state index in [1.165, 1.54) is 11.8 Å². The Labute approximate surface area is 173 Å². The van der Waals surface area contributed by atoms with E-state index in [9.17, 15) is 14.9 Å². The molecule has 1 atom stereocenters. The molecule has 0 spiro atoms. The molecule has 0 aliphatic rings. The average molecular weight is 418 g/mol. The Morgan fingerprint density at radius 1 is 1.32 bits per heavy atom. The summed E-state index contributed by atoms with van der Waals surface area (Å²) in [6.45, 7) is 4.78. The van der Waals surface area contributed by atoms with Gasteiger partial charge in [0, 0.05) is 11.1 Å². The number of benzene rings is 1. The fraction of sp³-hybridized carbons (Fsp3) is 0.300. The van der Waals surface area contributed by atoms with E-state index in [-0.39, 0.29) is 11.5 Å². The third-order valence-electron chi connectivity index (χ3n) is 4.15. The molecule has 0 aliphatic carbocycles. The van der Waals surface area contributed by atoms with Gasteiger partial charge < -0.3 is 10.1 Å². The highest BCUT2D eigenvalue weighted by Gasteiger charge is 2.30. The molecular formula is C20H20ClN3O3S. The van der Waals surface area contributed by atoms with Gasteiger partial charge in [-0.1, -0.05) is 49.3 Å². The number of carbonyl (C=O) groups excluding carboxylic acids is 2. The molecule has 2 aromatic rings. The predicted molar refractivity (Wildman–Crippen MR) is 107 cm³/mol. The lowest BCUT2D eigenvalue weighted by Crippen LogP contribution is -2.50. The Morgan fingerprint density at radius 2 is 2.04 bits per heavy atom. The summed E-state index contributed by atoms with van der Waals surface area (Å²) in [7, 11) is 0. The molecule has 0 fully saturated rings. The molecule has 6 nitrogen and oxygen atoms in total. The molecule has 0 radical (unpaired) electrons. The van der Waals surface area contributed by atoms with Crippen molar-refractivity contribution < 1.29 is 14.3 Å². The van der Waals surface area contributed by atoms with Gasteiger partial charge in [0.25, 0.3) is 5.91 Å². The topological polar surface area (TPSA) is 92.1 Å². The molecule has 28 heavy (non-hydrogen) atoms. The largest absolute Gasteiger partial charge is 0.452 e. The number of aromatic nitrogens is 1. The van der Waals surface area contributed by atoms with E-state index < -0.39 is 24.0 Å². The van der Waals surface area contributed by atoms with Crippen molar-refractivity contribution in [3.63, 3.8) is 0 Å². The molecule has 0 unspecified atom stereocenters. The lowest BCUT2D eigenvalue weighted by molar-refractivity contribution is -0.125. The number of carbonyl (C=O) groups is 2. The molecule has 1 aromatic heterocycles. The number of rotatable bonds is 7. The Morgan fingerprint density at radius 3 is 2.68 bits per heavy atom. The molecule has 0 saturated heterocycles. The summed E-state index contributed by atoms with van der Waals surface area (Å²) in [5.74, 6) is -1.33. The maximum atomic E-state index is 12.5. The molecule has 0 bridgehead atoms. The average Bonchev–Trinajstić information content (AvgIpc) is 2.68. The fourth-order valence-corrected chi connectivity index (χ4v) is 3.24. The van der Waals surface area contributed by atoms with Crippen LogP contribution < -0.4 is 5.32 Å². The lowest BCUT2D eigenvalue weighted by atomic mass is 9.90. The number of pyridine rings is 1. The van der Waals surface area contributed by atoms with Crippen LogP contribution in [0, 0.1) is 17.2 Å². The van der Waals surface area contributed by atoms with Crippen molar-refractivity contribution in [2.45, 2.75) is 36.2 Å². The highest BCUT2D eigenvalue weighted by molar-refractivity contribution is 7.99. The number of ether oxygens (including phenoxy) is 1. The van der Waals surface area contributed by atoms with E-state index in [4.69, 9.17) is 16.3 Å². The van der Waals surface area contributed by atoms with Gasteiger partial charge in [0.1, 0.15) is 10.6 Å². The molecular weight excluding hydrogens is 398 g/mol. The second-order valence-electron chi connectivity index (χ2n) is 6.48. The highest BCUT2D eigenvalue weighted by atomic mass is 35.5. The molecule has 1 amide bonds. The Bertz CT molecular complexity index is 914. The Balaban J connectivity index is 2.06. The number of amides is 1. The Hall–Kier alpha value is -2.56. The first-order chi connectivity index (χ1) is 13.3. The second kappa shape index (κ2) is 9.58. The standard InChI is InChI=1S/C20H20ClN3O3S/c1-13(2)20(3,12-22)24-17(25)11-27-19(26)14-7-6-10-23-18(14)28-16-9-5-4-8-15(16)21/h4-10,13H,11H2,1-3H3,(H,24,25)/t20-/m1/s1. The maximum Gasteiger partial charge on any atom is 0.341 e. The van der Waals surface area contributed by atoms with Crippen LogP contribution in [0.3, 0.4) is 0 Å². The number of hydrogen-bond acceptors (Lipinski definition) is 6. The molecule has 1 N–H and O–H groups in total. The van der Waals surface area contributed by atoms with E-state index in [2.05, 4.69) is 16.4 Å². The number of esters is 1. The molecule has 8 heteroatoms. The van der Waals surface area contributed by atoms with Crippen LogP contribution in [-0.4, -0.2) is 29.0 Å². The number of nitrogens with zero attached hydrogens (tertiary/aromatic N) is 2. The van der Waals surface area contributed by atoms with Gasteiger partial charge >= 0.3 is 5.97 Å². The first kappa shape index (κ1) is 21.7. The van der Waals surface area contributed by atoms with Crippen molar-refractivity contribution in [2.75, 3.05) is 6.61 Å². The van der Waals surface area contributed by atoms with Crippen molar-refractivity contribution >= 4 is 35.2 Å². The molecule has 0 saturated carbocycles. The van der Waals surface area contributed by atoms with Gasteiger partial charge in [0.15, 0.2) is 6.61 Å². The zero-order chi connectivity index (χ0) is 20.7. The normalized spacial score (nSPS) is 12.7. The van der Waals surface area contributed by atoms with Gasteiger partial charge in [0.05, 0.1) is 16.7 Å². The van der Waals surface area contributed by atoms with Crippen LogP contribution in [0.2, 0.25) is 5.02 Å². The summed E-state index contributed by atoms with van der Waals surface area (Å²) in [6.07, 6.45) is 1.56.